The number of H-pyrrole nitrogens is 1. The van der Waals surface area contributed by atoms with Gasteiger partial charge in [-0.2, -0.15) is 5.10 Å². The molecule has 0 radical (unpaired) electrons. The number of nitrogens with one attached hydrogen (secondary N) is 2. The Labute approximate surface area is 121 Å². The Kier molecular flexibility index (Phi) is 3.66. The van der Waals surface area contributed by atoms with Crippen LogP contribution in [0.1, 0.15) is 5.69 Å². The number of hydrogen-bond donors (Lipinski definition) is 2. The number of non-ortho nitro benzene ring substituents is 1. The van der Waals surface area contributed by atoms with Crippen LogP contribution in [0.5, 0.6) is 0 Å². The Hall–Kier alpha value is -3.57. The van der Waals surface area contributed by atoms with Gasteiger partial charge in [0.15, 0.2) is 11.5 Å². The number of aromatic amines is 1. The van der Waals surface area contributed by atoms with Crippen molar-refractivity contribution in [3.8, 4) is 0 Å². The van der Waals surface area contributed by atoms with E-state index in [0.717, 1.165) is 0 Å². The van der Waals surface area contributed by atoms with Crippen LogP contribution in [0, 0.1) is 37.3 Å². The molecule has 1 aromatic carbocycles. The Bertz CT molecular complexity index is 749. The van der Waals surface area contributed by atoms with Crippen LogP contribution in [-0.2, 0) is 0 Å². The van der Waals surface area contributed by atoms with Gasteiger partial charge in [0, 0.05) is 11.8 Å². The molecule has 2 aromatic rings. The molecule has 12 heteroatoms. The van der Waals surface area contributed by atoms with Crippen molar-refractivity contribution in [3.63, 3.8) is 0 Å². The van der Waals surface area contributed by atoms with Gasteiger partial charge in [-0.05, 0) is 6.92 Å². The number of hydrogen-bond acceptors (Lipinski definition) is 8. The van der Waals surface area contributed by atoms with Crippen LogP contribution in [0.3, 0.4) is 0 Å². The summed E-state index contributed by atoms with van der Waals surface area (Å²) in [5.74, 6) is 0.109. The van der Waals surface area contributed by atoms with E-state index in [9.17, 15) is 30.3 Å². The van der Waals surface area contributed by atoms with Gasteiger partial charge in [0.2, 0.25) is 0 Å². The third-order valence-corrected chi connectivity index (χ3v) is 2.64. The van der Waals surface area contributed by atoms with E-state index in [2.05, 4.69) is 15.5 Å². The van der Waals surface area contributed by atoms with Crippen LogP contribution in [0.15, 0.2) is 18.2 Å². The van der Waals surface area contributed by atoms with Crippen LogP contribution >= 0.6 is 0 Å². The molecule has 0 saturated carbocycles. The van der Waals surface area contributed by atoms with Gasteiger partial charge in [0.25, 0.3) is 5.69 Å². The summed E-state index contributed by atoms with van der Waals surface area (Å²) in [6, 6.07) is 2.76. The van der Waals surface area contributed by atoms with E-state index in [1.807, 2.05) is 0 Å². The van der Waals surface area contributed by atoms with Gasteiger partial charge in [-0.1, -0.05) is 0 Å². The Morgan fingerprint density at radius 3 is 1.91 bits per heavy atom. The van der Waals surface area contributed by atoms with Gasteiger partial charge in [-0.25, -0.2) is 0 Å². The van der Waals surface area contributed by atoms with Gasteiger partial charge in [-0.3, -0.25) is 35.4 Å². The number of anilines is 2. The van der Waals surface area contributed by atoms with Crippen molar-refractivity contribution >= 4 is 28.6 Å². The van der Waals surface area contributed by atoms with Gasteiger partial charge < -0.3 is 5.32 Å². The van der Waals surface area contributed by atoms with Crippen LogP contribution in [0.4, 0.5) is 28.6 Å². The highest BCUT2D eigenvalue weighted by Gasteiger charge is 2.31. The maximum atomic E-state index is 11.1. The highest BCUT2D eigenvalue weighted by atomic mass is 16.6. The zero-order valence-electron chi connectivity index (χ0n) is 11.0. The molecule has 12 nitrogen and oxygen atoms in total. The summed E-state index contributed by atoms with van der Waals surface area (Å²) in [7, 11) is 0. The predicted molar refractivity (Wildman–Crippen MR) is 73.0 cm³/mol. The van der Waals surface area contributed by atoms with Crippen LogP contribution < -0.4 is 5.32 Å². The maximum absolute atomic E-state index is 11.1. The minimum Gasteiger partial charge on any atom is -0.327 e. The minimum absolute atomic E-state index is 0.109. The molecular weight excluding hydrogens is 300 g/mol. The normalized spacial score (nSPS) is 10.2. The lowest BCUT2D eigenvalue weighted by molar-refractivity contribution is -0.401. The lowest BCUT2D eigenvalue weighted by atomic mass is 10.2. The third-order valence-electron chi connectivity index (χ3n) is 2.64. The van der Waals surface area contributed by atoms with Crippen molar-refractivity contribution in [1.29, 1.82) is 0 Å². The molecule has 0 amide bonds. The van der Waals surface area contributed by atoms with E-state index >= 15 is 0 Å². The van der Waals surface area contributed by atoms with Crippen LogP contribution in [0.2, 0.25) is 0 Å². The van der Waals surface area contributed by atoms with Crippen molar-refractivity contribution in [2.45, 2.75) is 6.92 Å². The lowest BCUT2D eigenvalue weighted by Crippen LogP contribution is -2.03. The van der Waals surface area contributed by atoms with Crippen molar-refractivity contribution in [3.05, 3.63) is 54.2 Å². The Balaban J connectivity index is 2.65. The standard InChI is InChI=1S/C10H8N6O6/c1-5-2-9(13-12-5)11-10-7(15(19)20)3-6(14(17)18)4-8(10)16(21)22/h2-4H,1H3,(H2,11,12,13). The number of benzene rings is 1. The second-order valence-electron chi connectivity index (χ2n) is 4.19. The van der Waals surface area contributed by atoms with Crippen molar-refractivity contribution in [2.24, 2.45) is 0 Å². The molecule has 114 valence electrons. The summed E-state index contributed by atoms with van der Waals surface area (Å²) in [5.41, 5.74) is -2.19. The average Bonchev–Trinajstić information content (AvgIpc) is 2.83. The highest BCUT2D eigenvalue weighted by Crippen LogP contribution is 2.39. The largest absolute Gasteiger partial charge is 0.327 e. The zero-order valence-corrected chi connectivity index (χ0v) is 11.0. The number of nitro groups is 3. The first kappa shape index (κ1) is 14.8. The highest BCUT2D eigenvalue weighted by molar-refractivity contribution is 5.80. The van der Waals surface area contributed by atoms with Crippen LogP contribution in [-0.4, -0.2) is 25.0 Å². The summed E-state index contributed by atoms with van der Waals surface area (Å²) in [6.45, 7) is 1.66. The Morgan fingerprint density at radius 2 is 1.55 bits per heavy atom. The molecule has 0 aliphatic heterocycles. The molecule has 0 fully saturated rings. The first-order chi connectivity index (χ1) is 10.3. The first-order valence-electron chi connectivity index (χ1n) is 5.70. The lowest BCUT2D eigenvalue weighted by Gasteiger charge is -2.05. The average molecular weight is 308 g/mol. The molecule has 0 aliphatic carbocycles. The van der Waals surface area contributed by atoms with Crippen molar-refractivity contribution in [2.75, 3.05) is 5.32 Å². The predicted octanol–water partition coefficient (Wildman–Crippen LogP) is 2.19. The van der Waals surface area contributed by atoms with E-state index in [1.54, 1.807) is 6.92 Å². The maximum Gasteiger partial charge on any atom is 0.306 e. The Morgan fingerprint density at radius 1 is 1.00 bits per heavy atom. The topological polar surface area (TPSA) is 170 Å². The number of aryl methyl sites for hydroxylation is 1. The SMILES string of the molecule is Cc1cc(Nc2c([N+](=O)[O-])cc([N+](=O)[O-])cc2[N+](=O)[O-])n[nH]1. The van der Waals surface area contributed by atoms with Gasteiger partial charge in [0.1, 0.15) is 0 Å². The molecule has 0 bridgehead atoms. The summed E-state index contributed by atoms with van der Waals surface area (Å²) in [5, 5.41) is 41.6. The summed E-state index contributed by atoms with van der Waals surface area (Å²) in [4.78, 5) is 30.0. The summed E-state index contributed by atoms with van der Waals surface area (Å²) in [6.07, 6.45) is 0. The number of nitrogens with zero attached hydrogens (tertiary/aromatic N) is 4. The zero-order chi connectivity index (χ0) is 16.4. The third kappa shape index (κ3) is 2.79. The van der Waals surface area contributed by atoms with Gasteiger partial charge >= 0.3 is 11.4 Å². The fourth-order valence-corrected chi connectivity index (χ4v) is 1.73. The number of aromatic nitrogens is 2. The quantitative estimate of drug-likeness (QED) is 0.624. The van der Waals surface area contributed by atoms with Crippen molar-refractivity contribution in [1.82, 2.24) is 10.2 Å². The fourth-order valence-electron chi connectivity index (χ4n) is 1.73. The minimum atomic E-state index is -0.943. The molecule has 2 N–H and O–H groups in total. The molecule has 0 saturated heterocycles. The van der Waals surface area contributed by atoms with E-state index in [1.165, 1.54) is 6.07 Å². The molecule has 22 heavy (non-hydrogen) atoms. The first-order valence-corrected chi connectivity index (χ1v) is 5.70. The van der Waals surface area contributed by atoms with Crippen LogP contribution in [0.25, 0.3) is 0 Å². The molecule has 0 unspecified atom stereocenters. The van der Waals surface area contributed by atoms with Gasteiger partial charge in [0.05, 0.1) is 26.9 Å². The van der Waals surface area contributed by atoms with E-state index in [0.29, 0.717) is 17.8 Å². The number of nitro benzene ring substituents is 3. The molecule has 0 spiro atoms. The summed E-state index contributed by atoms with van der Waals surface area (Å²) >= 11 is 0. The molecule has 1 aromatic heterocycles. The molecule has 0 aliphatic rings. The molecule has 0 atom stereocenters. The van der Waals surface area contributed by atoms with Crippen molar-refractivity contribution < 1.29 is 14.8 Å². The molecular formula is C10H8N6O6. The molecule has 1 heterocycles. The second-order valence-corrected chi connectivity index (χ2v) is 4.19. The van der Waals surface area contributed by atoms with E-state index in [-0.39, 0.29) is 5.82 Å². The van der Waals surface area contributed by atoms with E-state index in [4.69, 9.17) is 0 Å². The summed E-state index contributed by atoms with van der Waals surface area (Å²) < 4.78 is 0. The van der Waals surface area contributed by atoms with E-state index < -0.39 is 37.5 Å². The fraction of sp³-hybridized carbons (Fsp3) is 0.100. The number of rotatable bonds is 5. The smallest absolute Gasteiger partial charge is 0.306 e. The molecule has 2 rings (SSSR count). The monoisotopic (exact) mass is 308 g/mol. The van der Waals surface area contributed by atoms with Gasteiger partial charge in [-0.15, -0.1) is 0 Å². The second kappa shape index (κ2) is 5.43.